The van der Waals surface area contributed by atoms with Crippen molar-refractivity contribution in [2.75, 3.05) is 13.2 Å². The monoisotopic (exact) mass is 386 g/mol. The lowest BCUT2D eigenvalue weighted by molar-refractivity contribution is -0.195. The van der Waals surface area contributed by atoms with Crippen LogP contribution in [0.15, 0.2) is 11.6 Å². The Hall–Kier alpha value is -0.380. The molecule has 156 valence electrons. The van der Waals surface area contributed by atoms with Crippen molar-refractivity contribution in [3.8, 4) is 0 Å². The van der Waals surface area contributed by atoms with Crippen LogP contribution in [0.5, 0.6) is 0 Å². The molecule has 0 aromatic rings. The molecule has 0 aromatic heterocycles. The van der Waals surface area contributed by atoms with Gasteiger partial charge in [0.05, 0.1) is 18.3 Å². The summed E-state index contributed by atoms with van der Waals surface area (Å²) in [5.74, 6) is 2.65. The van der Waals surface area contributed by atoms with Crippen LogP contribution >= 0.6 is 0 Å². The average molecular weight is 387 g/mol. The van der Waals surface area contributed by atoms with Crippen molar-refractivity contribution in [3.05, 3.63) is 11.6 Å². The summed E-state index contributed by atoms with van der Waals surface area (Å²) in [4.78, 5) is 0. The second-order valence-corrected chi connectivity index (χ2v) is 11.3. The topological polar surface area (TPSA) is 31.0 Å². The minimum atomic E-state index is 0.0589. The number of fused-ring (bicyclic) bond motifs is 6. The summed E-state index contributed by atoms with van der Waals surface area (Å²) in [6.07, 6.45) is 17.1. The maximum absolute atomic E-state index is 6.40. The molecular formula is C25H38O3. The number of epoxide rings is 1. The molecule has 6 aliphatic rings. The Kier molecular flexibility index (Phi) is 4.15. The third-order valence-electron chi connectivity index (χ3n) is 10.3. The van der Waals surface area contributed by atoms with Crippen molar-refractivity contribution in [3.63, 3.8) is 0 Å². The molecule has 3 saturated carbocycles. The van der Waals surface area contributed by atoms with Gasteiger partial charge in [0.15, 0.2) is 6.29 Å². The quantitative estimate of drug-likeness (QED) is 0.455. The van der Waals surface area contributed by atoms with E-state index in [-0.39, 0.29) is 11.9 Å². The van der Waals surface area contributed by atoms with E-state index in [1.165, 1.54) is 57.8 Å². The summed E-state index contributed by atoms with van der Waals surface area (Å²) in [5.41, 5.74) is 2.87. The van der Waals surface area contributed by atoms with E-state index in [9.17, 15) is 0 Å². The number of hydrogen-bond donors (Lipinski definition) is 0. The van der Waals surface area contributed by atoms with E-state index >= 15 is 0 Å². The van der Waals surface area contributed by atoms with Crippen molar-refractivity contribution < 1.29 is 14.2 Å². The Balaban J connectivity index is 1.20. The molecule has 8 atom stereocenters. The highest BCUT2D eigenvalue weighted by molar-refractivity contribution is 5.27. The first-order valence-corrected chi connectivity index (χ1v) is 12.1. The van der Waals surface area contributed by atoms with Crippen LogP contribution < -0.4 is 0 Å². The predicted octanol–water partition coefficient (Wildman–Crippen LogP) is 5.63. The largest absolute Gasteiger partial charge is 0.369 e. The molecule has 2 heterocycles. The molecule has 0 bridgehead atoms. The van der Waals surface area contributed by atoms with Crippen LogP contribution in [-0.2, 0) is 14.2 Å². The lowest BCUT2D eigenvalue weighted by atomic mass is 9.47. The second kappa shape index (κ2) is 6.31. The normalized spacial score (nSPS) is 55.2. The van der Waals surface area contributed by atoms with Crippen LogP contribution in [0.4, 0.5) is 0 Å². The standard InChI is InChI=1S/C25H38O3/c1-23-11-8-18(28-22-5-3-4-14-26-22)15-17(23)6-7-19-20(23)9-12-24(2)21(19)10-13-25(24)16-27-25/h6,18-22H,3-5,7-16H2,1-2H3/t18-,19+,20-,21+,22-,23+,24+,25-/m1/s1. The fourth-order valence-electron chi connectivity index (χ4n) is 8.43. The molecule has 0 N–H and O–H groups in total. The van der Waals surface area contributed by atoms with Crippen molar-refractivity contribution in [2.24, 2.45) is 28.6 Å². The molecule has 5 fully saturated rings. The molecule has 3 nitrogen and oxygen atoms in total. The SMILES string of the molecule is C[C@]12CC[C@@H](O[C@@H]3CCCCO3)CC1=CC[C@H]1[C@H]2CC[C@@]2(C)[C@H]1CC[C@@]21CO1. The van der Waals surface area contributed by atoms with Gasteiger partial charge in [-0.1, -0.05) is 25.5 Å². The van der Waals surface area contributed by atoms with Gasteiger partial charge in [-0.15, -0.1) is 0 Å². The van der Waals surface area contributed by atoms with Gasteiger partial charge in [-0.05, 0) is 93.8 Å². The van der Waals surface area contributed by atoms with Crippen LogP contribution in [0.25, 0.3) is 0 Å². The Morgan fingerprint density at radius 1 is 1.00 bits per heavy atom. The molecule has 3 heteroatoms. The van der Waals surface area contributed by atoms with Crippen molar-refractivity contribution >= 4 is 0 Å². The van der Waals surface area contributed by atoms with E-state index in [4.69, 9.17) is 14.2 Å². The molecule has 0 unspecified atom stereocenters. The van der Waals surface area contributed by atoms with E-state index in [2.05, 4.69) is 19.9 Å². The molecule has 6 rings (SSSR count). The maximum Gasteiger partial charge on any atom is 0.157 e. The lowest BCUT2D eigenvalue weighted by Crippen LogP contribution is -2.52. The Labute approximate surface area is 170 Å². The van der Waals surface area contributed by atoms with E-state index in [1.807, 2.05) is 0 Å². The Morgan fingerprint density at radius 3 is 2.64 bits per heavy atom. The first-order chi connectivity index (χ1) is 13.5. The van der Waals surface area contributed by atoms with Crippen LogP contribution in [-0.4, -0.2) is 31.2 Å². The molecule has 0 radical (unpaired) electrons. The Morgan fingerprint density at radius 2 is 1.86 bits per heavy atom. The highest BCUT2D eigenvalue weighted by Gasteiger charge is 2.69. The predicted molar refractivity (Wildman–Crippen MR) is 109 cm³/mol. The molecule has 1 spiro atoms. The average Bonchev–Trinajstić information content (AvgIpc) is 3.43. The van der Waals surface area contributed by atoms with Gasteiger partial charge in [-0.2, -0.15) is 0 Å². The minimum Gasteiger partial charge on any atom is -0.369 e. The highest BCUT2D eigenvalue weighted by atomic mass is 16.7. The fraction of sp³-hybridized carbons (Fsp3) is 0.920. The Bertz CT molecular complexity index is 661. The van der Waals surface area contributed by atoms with Crippen LogP contribution in [0.2, 0.25) is 0 Å². The molecule has 0 amide bonds. The van der Waals surface area contributed by atoms with E-state index in [0.717, 1.165) is 43.8 Å². The number of rotatable bonds is 2. The molecule has 28 heavy (non-hydrogen) atoms. The van der Waals surface area contributed by atoms with Crippen LogP contribution in [0.1, 0.15) is 84.5 Å². The highest BCUT2D eigenvalue weighted by Crippen LogP contribution is 2.70. The molecule has 2 saturated heterocycles. The molecular weight excluding hydrogens is 348 g/mol. The summed E-state index contributed by atoms with van der Waals surface area (Å²) in [6, 6.07) is 0. The van der Waals surface area contributed by atoms with Crippen molar-refractivity contribution in [2.45, 2.75) is 102 Å². The van der Waals surface area contributed by atoms with Gasteiger partial charge in [0, 0.05) is 12.0 Å². The smallest absolute Gasteiger partial charge is 0.157 e. The first-order valence-electron chi connectivity index (χ1n) is 12.1. The maximum atomic E-state index is 6.40. The third-order valence-corrected chi connectivity index (χ3v) is 10.3. The van der Waals surface area contributed by atoms with Gasteiger partial charge < -0.3 is 14.2 Å². The van der Waals surface area contributed by atoms with Gasteiger partial charge in [0.25, 0.3) is 0 Å². The number of allylic oxidation sites excluding steroid dienone is 1. The van der Waals surface area contributed by atoms with Gasteiger partial charge in [0.2, 0.25) is 0 Å². The van der Waals surface area contributed by atoms with Crippen LogP contribution in [0.3, 0.4) is 0 Å². The molecule has 2 aliphatic heterocycles. The molecule has 0 aromatic carbocycles. The van der Waals surface area contributed by atoms with E-state index in [0.29, 0.717) is 16.9 Å². The second-order valence-electron chi connectivity index (χ2n) is 11.3. The zero-order valence-electron chi connectivity index (χ0n) is 17.9. The summed E-state index contributed by atoms with van der Waals surface area (Å²) in [7, 11) is 0. The van der Waals surface area contributed by atoms with Gasteiger partial charge in [-0.25, -0.2) is 0 Å². The van der Waals surface area contributed by atoms with Gasteiger partial charge in [-0.3, -0.25) is 0 Å². The first kappa shape index (κ1) is 18.4. The van der Waals surface area contributed by atoms with E-state index in [1.54, 1.807) is 5.57 Å². The zero-order chi connectivity index (χ0) is 19.0. The van der Waals surface area contributed by atoms with Crippen molar-refractivity contribution in [1.29, 1.82) is 0 Å². The van der Waals surface area contributed by atoms with Crippen LogP contribution in [0, 0.1) is 28.6 Å². The summed E-state index contributed by atoms with van der Waals surface area (Å²) >= 11 is 0. The number of ether oxygens (including phenoxy) is 3. The minimum absolute atomic E-state index is 0.0589. The lowest BCUT2D eigenvalue weighted by Gasteiger charge is -2.58. The van der Waals surface area contributed by atoms with Crippen molar-refractivity contribution in [1.82, 2.24) is 0 Å². The zero-order valence-corrected chi connectivity index (χ0v) is 17.9. The fourth-order valence-corrected chi connectivity index (χ4v) is 8.43. The summed E-state index contributed by atoms with van der Waals surface area (Å²) in [6.45, 7) is 7.10. The van der Waals surface area contributed by atoms with Gasteiger partial charge >= 0.3 is 0 Å². The van der Waals surface area contributed by atoms with Gasteiger partial charge in [0.1, 0.15) is 0 Å². The third kappa shape index (κ3) is 2.51. The molecule has 4 aliphatic carbocycles. The number of hydrogen-bond acceptors (Lipinski definition) is 3. The summed E-state index contributed by atoms with van der Waals surface area (Å²) < 4.78 is 18.3. The van der Waals surface area contributed by atoms with E-state index < -0.39 is 0 Å². The summed E-state index contributed by atoms with van der Waals surface area (Å²) in [5, 5.41) is 0.